The highest BCUT2D eigenvalue weighted by Gasteiger charge is 2.20. The number of carbonyl (C=O) groups excluding carboxylic acids is 1. The van der Waals surface area contributed by atoms with Crippen LogP contribution in [0.25, 0.3) is 0 Å². The lowest BCUT2D eigenvalue weighted by molar-refractivity contribution is -0.122. The van der Waals surface area contributed by atoms with Crippen molar-refractivity contribution < 1.29 is 9.53 Å². The van der Waals surface area contributed by atoms with Gasteiger partial charge in [0.25, 0.3) is 5.91 Å². The van der Waals surface area contributed by atoms with E-state index in [1.54, 1.807) is 6.08 Å². The summed E-state index contributed by atoms with van der Waals surface area (Å²) in [5.74, 6) is 1.21. The Kier molecular flexibility index (Phi) is 6.42. The number of ether oxygens (including phenoxy) is 1. The third kappa shape index (κ3) is 4.85. The molecule has 1 amide bonds. The van der Waals surface area contributed by atoms with Gasteiger partial charge in [-0.2, -0.15) is 0 Å². The molecule has 1 unspecified atom stereocenters. The molecule has 116 valence electrons. The first-order chi connectivity index (χ1) is 10.7. The molecule has 2 rings (SSSR count). The Bertz CT molecular complexity index is 616. The van der Waals surface area contributed by atoms with E-state index in [1.165, 1.54) is 23.1 Å². The predicted molar refractivity (Wildman–Crippen MR) is 90.6 cm³/mol. The molecule has 0 aliphatic carbocycles. The van der Waals surface area contributed by atoms with E-state index in [-0.39, 0.29) is 5.91 Å². The molecule has 0 fully saturated rings. The average Bonchev–Trinajstić information content (AvgIpc) is 2.98. The van der Waals surface area contributed by atoms with Gasteiger partial charge in [0.05, 0.1) is 0 Å². The zero-order valence-corrected chi connectivity index (χ0v) is 13.8. The number of rotatable bonds is 8. The van der Waals surface area contributed by atoms with Gasteiger partial charge in [0, 0.05) is 5.75 Å². The SMILES string of the molecule is C=CCSc1nnc(NC(=O)C(CC)Oc2ccccc2)s1. The molecule has 0 spiro atoms. The quantitative estimate of drug-likeness (QED) is 0.453. The number of benzene rings is 1. The molecule has 1 aromatic carbocycles. The van der Waals surface area contributed by atoms with Crippen molar-refractivity contribution in [2.75, 3.05) is 11.1 Å². The van der Waals surface area contributed by atoms with Crippen molar-refractivity contribution in [1.29, 1.82) is 0 Å². The fourth-order valence-electron chi connectivity index (χ4n) is 1.62. The summed E-state index contributed by atoms with van der Waals surface area (Å²) in [5.41, 5.74) is 0. The second-order valence-corrected chi connectivity index (χ2v) is 6.53. The van der Waals surface area contributed by atoms with E-state index in [4.69, 9.17) is 4.74 Å². The maximum atomic E-state index is 12.3. The number of carbonyl (C=O) groups is 1. The Morgan fingerprint density at radius 3 is 2.91 bits per heavy atom. The van der Waals surface area contributed by atoms with Crippen LogP contribution in [-0.4, -0.2) is 28.0 Å². The van der Waals surface area contributed by atoms with Gasteiger partial charge in [0.15, 0.2) is 10.4 Å². The van der Waals surface area contributed by atoms with Crippen LogP contribution in [0, 0.1) is 0 Å². The van der Waals surface area contributed by atoms with Crippen LogP contribution in [0.3, 0.4) is 0 Å². The molecule has 7 heteroatoms. The monoisotopic (exact) mass is 335 g/mol. The van der Waals surface area contributed by atoms with Gasteiger partial charge in [0.1, 0.15) is 5.75 Å². The van der Waals surface area contributed by atoms with E-state index in [2.05, 4.69) is 22.1 Å². The number of nitrogens with zero attached hydrogens (tertiary/aromatic N) is 2. The van der Waals surface area contributed by atoms with Gasteiger partial charge in [-0.15, -0.1) is 16.8 Å². The first-order valence-electron chi connectivity index (χ1n) is 6.82. The van der Waals surface area contributed by atoms with E-state index in [1.807, 2.05) is 37.3 Å². The number of thioether (sulfide) groups is 1. The topological polar surface area (TPSA) is 64.1 Å². The summed E-state index contributed by atoms with van der Waals surface area (Å²) >= 11 is 2.87. The fourth-order valence-corrected chi connectivity index (χ4v) is 3.14. The van der Waals surface area contributed by atoms with E-state index in [0.29, 0.717) is 17.3 Å². The molecule has 1 heterocycles. The van der Waals surface area contributed by atoms with Crippen LogP contribution in [0.15, 0.2) is 47.3 Å². The molecule has 2 aromatic rings. The average molecular weight is 335 g/mol. The van der Waals surface area contributed by atoms with Crippen molar-refractivity contribution in [2.24, 2.45) is 0 Å². The molecule has 0 bridgehead atoms. The summed E-state index contributed by atoms with van der Waals surface area (Å²) in [5, 5.41) is 11.2. The molecule has 0 aliphatic rings. The summed E-state index contributed by atoms with van der Waals surface area (Å²) < 4.78 is 6.49. The Morgan fingerprint density at radius 2 is 2.23 bits per heavy atom. The van der Waals surface area contributed by atoms with Gasteiger partial charge in [-0.1, -0.05) is 54.3 Å². The minimum absolute atomic E-state index is 0.220. The number of para-hydroxylation sites is 1. The first kappa shape index (κ1) is 16.5. The normalized spacial score (nSPS) is 11.7. The number of anilines is 1. The molecule has 1 atom stereocenters. The summed E-state index contributed by atoms with van der Waals surface area (Å²) in [6.45, 7) is 5.56. The third-order valence-electron chi connectivity index (χ3n) is 2.65. The van der Waals surface area contributed by atoms with Gasteiger partial charge >= 0.3 is 0 Å². The van der Waals surface area contributed by atoms with E-state index >= 15 is 0 Å². The Balaban J connectivity index is 1.94. The Hall–Kier alpha value is -1.86. The molecule has 0 saturated carbocycles. The number of aromatic nitrogens is 2. The standard InChI is InChI=1S/C15H17N3O2S2/c1-3-10-21-15-18-17-14(22-15)16-13(19)12(4-2)20-11-8-6-5-7-9-11/h3,5-9,12H,1,4,10H2,2H3,(H,16,17,19). The fraction of sp³-hybridized carbons (Fsp3) is 0.267. The van der Waals surface area contributed by atoms with Crippen LogP contribution >= 0.6 is 23.1 Å². The van der Waals surface area contributed by atoms with Gasteiger partial charge in [-0.05, 0) is 18.6 Å². The van der Waals surface area contributed by atoms with Crippen molar-refractivity contribution >= 4 is 34.1 Å². The van der Waals surface area contributed by atoms with Crippen molar-refractivity contribution in [1.82, 2.24) is 10.2 Å². The first-order valence-corrected chi connectivity index (χ1v) is 8.63. The minimum atomic E-state index is -0.560. The lowest BCUT2D eigenvalue weighted by Gasteiger charge is -2.16. The summed E-state index contributed by atoms with van der Waals surface area (Å²) in [7, 11) is 0. The van der Waals surface area contributed by atoms with Crippen molar-refractivity contribution in [3.63, 3.8) is 0 Å². The van der Waals surface area contributed by atoms with Gasteiger partial charge in [-0.3, -0.25) is 10.1 Å². The number of hydrogen-bond donors (Lipinski definition) is 1. The number of hydrogen-bond acceptors (Lipinski definition) is 6. The highest BCUT2D eigenvalue weighted by atomic mass is 32.2. The van der Waals surface area contributed by atoms with Crippen LogP contribution < -0.4 is 10.1 Å². The van der Waals surface area contributed by atoms with Gasteiger partial charge in [0.2, 0.25) is 5.13 Å². The van der Waals surface area contributed by atoms with Crippen molar-refractivity contribution in [2.45, 2.75) is 23.8 Å². The highest BCUT2D eigenvalue weighted by molar-refractivity contribution is 8.01. The van der Waals surface area contributed by atoms with Gasteiger partial charge in [-0.25, -0.2) is 0 Å². The van der Waals surface area contributed by atoms with Crippen LogP contribution in [0.5, 0.6) is 5.75 Å². The molecular weight excluding hydrogens is 318 g/mol. The van der Waals surface area contributed by atoms with E-state index < -0.39 is 6.10 Å². The minimum Gasteiger partial charge on any atom is -0.481 e. The molecule has 5 nitrogen and oxygen atoms in total. The van der Waals surface area contributed by atoms with Gasteiger partial charge < -0.3 is 4.74 Å². The van der Waals surface area contributed by atoms with Crippen molar-refractivity contribution in [3.8, 4) is 5.75 Å². The lowest BCUT2D eigenvalue weighted by Crippen LogP contribution is -2.32. The zero-order chi connectivity index (χ0) is 15.8. The largest absolute Gasteiger partial charge is 0.481 e. The maximum Gasteiger partial charge on any atom is 0.267 e. The van der Waals surface area contributed by atoms with Crippen LogP contribution in [0.2, 0.25) is 0 Å². The summed E-state index contributed by atoms with van der Waals surface area (Å²) in [6.07, 6.45) is 1.80. The molecule has 1 aromatic heterocycles. The predicted octanol–water partition coefficient (Wildman–Crippen LogP) is 3.61. The molecule has 1 N–H and O–H groups in total. The molecule has 22 heavy (non-hydrogen) atoms. The molecule has 0 radical (unpaired) electrons. The molecular formula is C15H17N3O2S2. The lowest BCUT2D eigenvalue weighted by atomic mass is 10.2. The Morgan fingerprint density at radius 1 is 1.45 bits per heavy atom. The van der Waals surface area contributed by atoms with E-state index in [9.17, 15) is 4.79 Å². The summed E-state index contributed by atoms with van der Waals surface area (Å²) in [4.78, 5) is 12.3. The zero-order valence-electron chi connectivity index (χ0n) is 12.2. The van der Waals surface area contributed by atoms with Crippen LogP contribution in [-0.2, 0) is 4.79 Å². The van der Waals surface area contributed by atoms with Crippen LogP contribution in [0.1, 0.15) is 13.3 Å². The van der Waals surface area contributed by atoms with Crippen molar-refractivity contribution in [3.05, 3.63) is 43.0 Å². The molecule has 0 saturated heterocycles. The Labute approximate surface area is 137 Å². The second-order valence-electron chi connectivity index (χ2n) is 4.29. The smallest absolute Gasteiger partial charge is 0.267 e. The van der Waals surface area contributed by atoms with E-state index in [0.717, 1.165) is 10.1 Å². The molecule has 0 aliphatic heterocycles. The maximum absolute atomic E-state index is 12.3. The third-order valence-corrected chi connectivity index (χ3v) is 4.61. The van der Waals surface area contributed by atoms with Crippen LogP contribution in [0.4, 0.5) is 5.13 Å². The highest BCUT2D eigenvalue weighted by Crippen LogP contribution is 2.25. The second kappa shape index (κ2) is 8.55. The summed E-state index contributed by atoms with van der Waals surface area (Å²) in [6, 6.07) is 9.29. The number of amides is 1. The number of nitrogens with one attached hydrogen (secondary N) is 1.